The highest BCUT2D eigenvalue weighted by molar-refractivity contribution is 7.07. The summed E-state index contributed by atoms with van der Waals surface area (Å²) in [5, 5.41) is 0. The summed E-state index contributed by atoms with van der Waals surface area (Å²) in [6.07, 6.45) is 1.84. The topological polar surface area (TPSA) is 87.0 Å². The zero-order valence-electron chi connectivity index (χ0n) is 21.1. The molecule has 0 radical (unpaired) electrons. The van der Waals surface area contributed by atoms with Crippen molar-refractivity contribution >= 4 is 29.4 Å². The first-order valence-corrected chi connectivity index (χ1v) is 12.3. The number of rotatable bonds is 4. The average molecular weight is 505 g/mol. The van der Waals surface area contributed by atoms with E-state index in [1.165, 1.54) is 35.7 Å². The molecule has 36 heavy (non-hydrogen) atoms. The summed E-state index contributed by atoms with van der Waals surface area (Å²) in [4.78, 5) is 43.4. The van der Waals surface area contributed by atoms with Gasteiger partial charge in [0.05, 0.1) is 41.6 Å². The molecule has 8 heteroatoms. The number of carbonyl (C=O) groups excluding carboxylic acids is 2. The van der Waals surface area contributed by atoms with Crippen LogP contribution in [0.25, 0.3) is 6.08 Å². The van der Waals surface area contributed by atoms with Crippen LogP contribution in [-0.4, -0.2) is 30.7 Å². The van der Waals surface area contributed by atoms with Gasteiger partial charge in [0.1, 0.15) is 0 Å². The first kappa shape index (κ1) is 25.3. The maximum atomic E-state index is 13.6. The molecule has 1 atom stereocenters. The molecule has 0 saturated carbocycles. The van der Waals surface area contributed by atoms with Gasteiger partial charge >= 0.3 is 11.9 Å². The van der Waals surface area contributed by atoms with E-state index in [0.717, 1.165) is 5.56 Å². The van der Waals surface area contributed by atoms with Crippen molar-refractivity contribution in [1.29, 1.82) is 0 Å². The summed E-state index contributed by atoms with van der Waals surface area (Å²) >= 11 is 1.27. The standard InChI is InChI=1S/C28H28N2O5S/c1-16-22(26(33)35-6)23(18-9-11-19(12-10-18)25(32)34-5)30-24(31)21(36-27(30)29-16)15-17-7-13-20(14-8-17)28(2,3)4/h7-15,23H,1-6H3. The van der Waals surface area contributed by atoms with Crippen molar-refractivity contribution in [2.24, 2.45) is 4.99 Å². The predicted molar refractivity (Wildman–Crippen MR) is 139 cm³/mol. The number of hydrogen-bond donors (Lipinski definition) is 0. The Morgan fingerprint density at radius 3 is 2.14 bits per heavy atom. The number of aromatic nitrogens is 1. The van der Waals surface area contributed by atoms with Crippen molar-refractivity contribution in [1.82, 2.24) is 4.57 Å². The Bertz CT molecular complexity index is 1540. The molecule has 0 N–H and O–H groups in total. The van der Waals surface area contributed by atoms with Crippen LogP contribution in [0.15, 0.2) is 69.6 Å². The fraction of sp³-hybridized carbons (Fsp3) is 0.286. The zero-order valence-corrected chi connectivity index (χ0v) is 21.9. The van der Waals surface area contributed by atoms with Crippen molar-refractivity contribution < 1.29 is 19.1 Å². The Labute approximate surface area is 213 Å². The largest absolute Gasteiger partial charge is 0.466 e. The second kappa shape index (κ2) is 9.70. The lowest BCUT2D eigenvalue weighted by molar-refractivity contribution is -0.136. The Morgan fingerprint density at radius 1 is 0.972 bits per heavy atom. The summed E-state index contributed by atoms with van der Waals surface area (Å²) in [6.45, 7) is 8.18. The number of benzene rings is 2. The summed E-state index contributed by atoms with van der Waals surface area (Å²) in [5.74, 6) is -1.03. The van der Waals surface area contributed by atoms with E-state index in [2.05, 4.69) is 37.9 Å². The quantitative estimate of drug-likeness (QED) is 0.508. The lowest BCUT2D eigenvalue weighted by Gasteiger charge is -2.24. The zero-order chi connectivity index (χ0) is 26.2. The number of thiazole rings is 1. The number of fused-ring (bicyclic) bond motifs is 1. The Kier molecular flexibility index (Phi) is 6.82. The third-order valence-corrected chi connectivity index (χ3v) is 7.13. The Hall–Kier alpha value is -3.78. The van der Waals surface area contributed by atoms with E-state index in [1.807, 2.05) is 18.2 Å². The minimum atomic E-state index is -0.745. The normalized spacial score (nSPS) is 15.8. The van der Waals surface area contributed by atoms with Gasteiger partial charge in [0, 0.05) is 0 Å². The highest BCUT2D eigenvalue weighted by atomic mass is 32.1. The van der Waals surface area contributed by atoms with Crippen LogP contribution in [0.2, 0.25) is 0 Å². The molecule has 0 amide bonds. The van der Waals surface area contributed by atoms with E-state index in [0.29, 0.717) is 26.2 Å². The van der Waals surface area contributed by atoms with E-state index < -0.39 is 18.0 Å². The van der Waals surface area contributed by atoms with Crippen molar-refractivity contribution in [3.63, 3.8) is 0 Å². The van der Waals surface area contributed by atoms with Crippen molar-refractivity contribution in [2.75, 3.05) is 14.2 Å². The van der Waals surface area contributed by atoms with Gasteiger partial charge in [-0.15, -0.1) is 0 Å². The van der Waals surface area contributed by atoms with E-state index in [4.69, 9.17) is 9.47 Å². The van der Waals surface area contributed by atoms with Gasteiger partial charge in [-0.2, -0.15) is 0 Å². The molecule has 0 fully saturated rings. The SMILES string of the molecule is COC(=O)C1=C(C)N=c2sc(=Cc3ccc(C(C)(C)C)cc3)c(=O)n2C1c1ccc(C(=O)OC)cc1. The molecular formula is C28H28N2O5S. The number of ether oxygens (including phenoxy) is 2. The Balaban J connectivity index is 1.87. The summed E-state index contributed by atoms with van der Waals surface area (Å²) in [7, 11) is 2.61. The molecule has 3 aromatic rings. The summed E-state index contributed by atoms with van der Waals surface area (Å²) in [6, 6.07) is 14.0. The third-order valence-electron chi connectivity index (χ3n) is 6.15. The van der Waals surface area contributed by atoms with Gasteiger partial charge in [-0.05, 0) is 47.2 Å². The van der Waals surface area contributed by atoms with Crippen LogP contribution in [0.3, 0.4) is 0 Å². The van der Waals surface area contributed by atoms with Crippen LogP contribution in [0.5, 0.6) is 0 Å². The minimum absolute atomic E-state index is 0.0309. The summed E-state index contributed by atoms with van der Waals surface area (Å²) < 4.78 is 11.8. The number of carbonyl (C=O) groups is 2. The number of nitrogens with zero attached hydrogens (tertiary/aromatic N) is 2. The molecule has 4 rings (SSSR count). The maximum Gasteiger partial charge on any atom is 0.338 e. The molecule has 1 aliphatic heterocycles. The van der Waals surface area contributed by atoms with Gasteiger partial charge in [0.2, 0.25) is 0 Å². The summed E-state index contributed by atoms with van der Waals surface area (Å²) in [5.41, 5.74) is 3.65. The molecule has 0 aliphatic carbocycles. The third kappa shape index (κ3) is 4.68. The van der Waals surface area contributed by atoms with Gasteiger partial charge in [-0.1, -0.05) is 68.5 Å². The van der Waals surface area contributed by atoms with Crippen LogP contribution in [0.4, 0.5) is 0 Å². The van der Waals surface area contributed by atoms with Crippen LogP contribution in [0, 0.1) is 0 Å². The molecule has 0 bridgehead atoms. The highest BCUT2D eigenvalue weighted by Crippen LogP contribution is 2.31. The molecular weight excluding hydrogens is 476 g/mol. The first-order chi connectivity index (χ1) is 17.0. The van der Waals surface area contributed by atoms with Crippen molar-refractivity contribution in [3.05, 3.63) is 102 Å². The fourth-order valence-corrected chi connectivity index (χ4v) is 5.20. The second-order valence-corrected chi connectivity index (χ2v) is 10.6. The molecule has 0 saturated heterocycles. The van der Waals surface area contributed by atoms with E-state index in [1.54, 1.807) is 31.2 Å². The average Bonchev–Trinajstić information content (AvgIpc) is 3.16. The Morgan fingerprint density at radius 2 is 1.58 bits per heavy atom. The molecule has 2 aromatic carbocycles. The van der Waals surface area contributed by atoms with E-state index in [9.17, 15) is 14.4 Å². The lowest BCUT2D eigenvalue weighted by Crippen LogP contribution is -2.39. The smallest absolute Gasteiger partial charge is 0.338 e. The molecule has 0 spiro atoms. The van der Waals surface area contributed by atoms with Gasteiger partial charge < -0.3 is 9.47 Å². The predicted octanol–water partition coefficient (Wildman–Crippen LogP) is 3.49. The molecule has 186 valence electrons. The van der Waals surface area contributed by atoms with Crippen LogP contribution in [-0.2, 0) is 19.7 Å². The van der Waals surface area contributed by atoms with Gasteiger partial charge in [0.25, 0.3) is 5.56 Å². The number of hydrogen-bond acceptors (Lipinski definition) is 7. The van der Waals surface area contributed by atoms with E-state index >= 15 is 0 Å². The van der Waals surface area contributed by atoms with Crippen LogP contribution in [0.1, 0.15) is 60.8 Å². The lowest BCUT2D eigenvalue weighted by atomic mass is 9.87. The van der Waals surface area contributed by atoms with Crippen LogP contribution < -0.4 is 14.9 Å². The second-order valence-electron chi connectivity index (χ2n) is 9.56. The van der Waals surface area contributed by atoms with Crippen molar-refractivity contribution in [3.8, 4) is 0 Å². The highest BCUT2D eigenvalue weighted by Gasteiger charge is 2.33. The van der Waals surface area contributed by atoms with E-state index in [-0.39, 0.29) is 16.5 Å². The van der Waals surface area contributed by atoms with Gasteiger partial charge in [-0.3, -0.25) is 9.36 Å². The molecule has 1 aromatic heterocycles. The number of methoxy groups -OCH3 is 2. The minimum Gasteiger partial charge on any atom is -0.466 e. The number of allylic oxidation sites excluding steroid dienone is 1. The van der Waals surface area contributed by atoms with Gasteiger partial charge in [0.15, 0.2) is 4.80 Å². The van der Waals surface area contributed by atoms with Gasteiger partial charge in [-0.25, -0.2) is 14.6 Å². The monoisotopic (exact) mass is 504 g/mol. The maximum absolute atomic E-state index is 13.6. The molecule has 1 unspecified atom stereocenters. The fourth-order valence-electron chi connectivity index (χ4n) is 4.16. The molecule has 2 heterocycles. The first-order valence-electron chi connectivity index (χ1n) is 11.4. The van der Waals surface area contributed by atoms with Crippen LogP contribution >= 0.6 is 11.3 Å². The van der Waals surface area contributed by atoms with Crippen molar-refractivity contribution in [2.45, 2.75) is 39.2 Å². The molecule has 1 aliphatic rings. The molecule has 7 nitrogen and oxygen atoms in total. The number of esters is 2.